The fourth-order valence-electron chi connectivity index (χ4n) is 11.1. The van der Waals surface area contributed by atoms with Crippen molar-refractivity contribution in [3.63, 3.8) is 0 Å². The molecular formula is C60H97N3O21. The minimum absolute atomic E-state index is 0.126. The van der Waals surface area contributed by atoms with Gasteiger partial charge in [-0.1, -0.05) is 105 Å². The highest BCUT2D eigenvalue weighted by Crippen LogP contribution is 2.39. The van der Waals surface area contributed by atoms with Crippen LogP contribution in [0.15, 0.2) is 85.1 Å². The van der Waals surface area contributed by atoms with Crippen LogP contribution < -0.4 is 10.6 Å². The number of amides is 1. The summed E-state index contributed by atoms with van der Waals surface area (Å²) >= 11 is 0. The lowest BCUT2D eigenvalue weighted by atomic mass is 9.82. The van der Waals surface area contributed by atoms with Gasteiger partial charge in [0, 0.05) is 50.6 Å². The van der Waals surface area contributed by atoms with E-state index in [0.717, 1.165) is 32.4 Å². The van der Waals surface area contributed by atoms with Crippen LogP contribution in [0.3, 0.4) is 0 Å². The number of rotatable bonds is 9. The first-order valence-corrected chi connectivity index (χ1v) is 29.7. The van der Waals surface area contributed by atoms with Crippen molar-refractivity contribution in [2.75, 3.05) is 39.3 Å². The Balaban J connectivity index is 1.42. The van der Waals surface area contributed by atoms with Gasteiger partial charge in [-0.15, -0.1) is 0 Å². The van der Waals surface area contributed by atoms with Gasteiger partial charge in [0.1, 0.15) is 30.5 Å². The van der Waals surface area contributed by atoms with E-state index in [1.807, 2.05) is 13.0 Å². The number of hydrogen-bond acceptors (Lipinski definition) is 23. The molecule has 4 saturated heterocycles. The maximum atomic E-state index is 14.2. The van der Waals surface area contributed by atoms with E-state index in [0.29, 0.717) is 6.54 Å². The Morgan fingerprint density at radius 3 is 1.92 bits per heavy atom. The molecule has 84 heavy (non-hydrogen) atoms. The molecule has 24 heteroatoms. The first-order chi connectivity index (χ1) is 39.8. The van der Waals surface area contributed by atoms with Crippen LogP contribution in [-0.2, 0) is 33.3 Å². The summed E-state index contributed by atoms with van der Waals surface area (Å²) in [5.41, 5.74) is 0. The summed E-state index contributed by atoms with van der Waals surface area (Å²) in [4.78, 5) is 29.2. The van der Waals surface area contributed by atoms with Crippen LogP contribution in [0.5, 0.6) is 0 Å². The van der Waals surface area contributed by atoms with Gasteiger partial charge in [0.25, 0.3) is 0 Å². The van der Waals surface area contributed by atoms with Gasteiger partial charge in [-0.05, 0) is 59.0 Å². The molecule has 0 radical (unpaired) electrons. The third-order valence-electron chi connectivity index (χ3n) is 16.4. The smallest absolute Gasteiger partial charge is 0.308 e. The first kappa shape index (κ1) is 71.1. The first-order valence-electron chi connectivity index (χ1n) is 29.7. The number of esters is 1. The van der Waals surface area contributed by atoms with Crippen LogP contribution in [0, 0.1) is 17.8 Å². The molecule has 3 unspecified atom stereocenters. The van der Waals surface area contributed by atoms with Crippen molar-refractivity contribution < 1.29 is 105 Å². The van der Waals surface area contributed by atoms with E-state index in [1.165, 1.54) is 6.92 Å². The normalized spacial score (nSPS) is 44.7. The Hall–Kier alpha value is -3.68. The second-order valence-electron chi connectivity index (χ2n) is 23.4. The van der Waals surface area contributed by atoms with Crippen molar-refractivity contribution in [1.82, 2.24) is 15.5 Å². The highest BCUT2D eigenvalue weighted by atomic mass is 16.7. The predicted octanol–water partition coefficient (Wildman–Crippen LogP) is -1.34. The molecule has 0 aliphatic carbocycles. The monoisotopic (exact) mass is 1200 g/mol. The molecule has 4 fully saturated rings. The van der Waals surface area contributed by atoms with E-state index in [-0.39, 0.29) is 38.1 Å². The summed E-state index contributed by atoms with van der Waals surface area (Å²) < 4.78 is 29.5. The molecule has 1 amide bonds. The molecule has 2 bridgehead atoms. The largest absolute Gasteiger partial charge is 0.462 e. The summed E-state index contributed by atoms with van der Waals surface area (Å²) in [7, 11) is 0. The number of aliphatic hydroxyl groups is 14. The molecule has 16 N–H and O–H groups in total. The quantitative estimate of drug-likeness (QED) is 0.119. The molecule has 24 nitrogen and oxygen atoms in total. The second kappa shape index (κ2) is 34.8. The standard InChI is InChI=1S/C60H97N3O21/c1-36-20-16-13-11-9-7-5-6-8-10-12-14-17-21-43(83-58-55(75)51(53(73)39(4)82-58)62-35-60(79)56(76)54(74)47(70)34-80-60)31-48-50(57(77)61-24-27-63-25-18-15-19-26-63)46(69)33-59(78,84-48)32-42(66)29-45(68)44(67)23-22-40(64)28-41(65)30-49(71)81-38(3)37(2)52(36)72/h5-14,16-17,20-21,36-48,50-56,58,62,64-70,72-76,78-79H,15,18-19,22-35H2,1-4H3,(H,61,77)/b6-5+,9-7+,10-8+,13-11+,14-12+,20-16-,21-17+/t36-,37?,38-,39+,40+,41+,42-,43-,44-,45+,46-,47+,48?,50?,51-,52+,53+,54+,55-,56-,58-,59+,60+/m0/s1. The van der Waals surface area contributed by atoms with Crippen molar-refractivity contribution in [3.05, 3.63) is 85.1 Å². The molecule has 0 saturated carbocycles. The second-order valence-corrected chi connectivity index (χ2v) is 23.4. The summed E-state index contributed by atoms with van der Waals surface area (Å²) in [5.74, 6) is -8.30. The summed E-state index contributed by atoms with van der Waals surface area (Å²) in [6, 6.07) is -1.34. The van der Waals surface area contributed by atoms with Crippen molar-refractivity contribution >= 4 is 11.9 Å². The Morgan fingerprint density at radius 1 is 0.655 bits per heavy atom. The number of carbonyl (C=O) groups is 2. The zero-order chi connectivity index (χ0) is 61.7. The van der Waals surface area contributed by atoms with Crippen molar-refractivity contribution in [2.45, 2.75) is 220 Å². The number of hydrogen-bond donors (Lipinski definition) is 16. The fraction of sp³-hybridized carbons (Fsp3) is 0.733. The molecule has 0 aromatic carbocycles. The number of nitrogens with zero attached hydrogens (tertiary/aromatic N) is 1. The highest BCUT2D eigenvalue weighted by Gasteiger charge is 2.53. The van der Waals surface area contributed by atoms with E-state index in [9.17, 15) is 81.1 Å². The number of nitrogens with one attached hydrogen (secondary N) is 2. The summed E-state index contributed by atoms with van der Waals surface area (Å²) in [5, 5.41) is 160. The molecule has 5 rings (SSSR count). The number of cyclic esters (lactones) is 1. The lowest BCUT2D eigenvalue weighted by molar-refractivity contribution is -0.323. The zero-order valence-corrected chi connectivity index (χ0v) is 48.8. The van der Waals surface area contributed by atoms with Crippen LogP contribution in [0.1, 0.15) is 98.3 Å². The fourth-order valence-corrected chi connectivity index (χ4v) is 11.1. The molecular weight excluding hydrogens is 1100 g/mol. The highest BCUT2D eigenvalue weighted by molar-refractivity contribution is 5.80. The molecule has 0 aromatic rings. The van der Waals surface area contributed by atoms with E-state index < -0.39 is 184 Å². The average molecular weight is 1200 g/mol. The minimum Gasteiger partial charge on any atom is -0.462 e. The SMILES string of the molecule is CC1[C@H](C)OC(=O)C[C@H](O)C[C@H](O)CC[C@H](O)[C@H](O)C[C@H](O)C[C@]2(O)C[C@H](O)C(C(=O)NCCN3CCCCC3)C(C[C@@H](O[C@@H]3O[C@H](C)[C@@H](O)[C@H](NC[C@@]4(O)OC[C@@H](O)[C@@H](O)[C@@H]4O)[C@@H]3O)/C=C/C=C/C=C/C=C/C=C/C=C/C=C\[C@H](C)[C@H]1O)O2. The molecule has 5 aliphatic rings. The Bertz CT molecular complexity index is 2190. The molecule has 5 aliphatic heterocycles. The third-order valence-corrected chi connectivity index (χ3v) is 16.4. The number of carbonyl (C=O) groups excluding carboxylic acids is 2. The van der Waals surface area contributed by atoms with Gasteiger partial charge in [-0.2, -0.15) is 0 Å². The van der Waals surface area contributed by atoms with Gasteiger partial charge in [0.15, 0.2) is 12.1 Å². The molecule has 23 atom stereocenters. The summed E-state index contributed by atoms with van der Waals surface area (Å²) in [6.45, 7) is 7.98. The lowest BCUT2D eigenvalue weighted by Gasteiger charge is -2.47. The van der Waals surface area contributed by atoms with E-state index in [1.54, 1.807) is 92.8 Å². The Labute approximate surface area is 492 Å². The topological polar surface area (TPSA) is 391 Å². The van der Waals surface area contributed by atoms with Gasteiger partial charge < -0.3 is 111 Å². The van der Waals surface area contributed by atoms with Crippen LogP contribution >= 0.6 is 0 Å². The van der Waals surface area contributed by atoms with Crippen LogP contribution in [0.2, 0.25) is 0 Å². The van der Waals surface area contributed by atoms with E-state index >= 15 is 0 Å². The van der Waals surface area contributed by atoms with Gasteiger partial charge >= 0.3 is 5.97 Å². The number of aliphatic hydroxyl groups excluding tert-OH is 12. The Morgan fingerprint density at radius 2 is 1.27 bits per heavy atom. The number of ether oxygens (including phenoxy) is 5. The Kier molecular flexibility index (Phi) is 29.4. The van der Waals surface area contributed by atoms with Crippen molar-refractivity contribution in [2.24, 2.45) is 17.8 Å². The maximum Gasteiger partial charge on any atom is 0.308 e. The lowest BCUT2D eigenvalue weighted by Crippen LogP contribution is -2.69. The van der Waals surface area contributed by atoms with Gasteiger partial charge in [0.2, 0.25) is 11.7 Å². The summed E-state index contributed by atoms with van der Waals surface area (Å²) in [6.07, 6.45) is 0.371. The third kappa shape index (κ3) is 22.2. The van der Waals surface area contributed by atoms with Crippen molar-refractivity contribution in [1.29, 1.82) is 0 Å². The molecule has 0 spiro atoms. The maximum absolute atomic E-state index is 14.2. The molecule has 0 aromatic heterocycles. The number of likely N-dealkylation sites (tertiary alicyclic amines) is 1. The number of allylic oxidation sites excluding steroid dienone is 12. The van der Waals surface area contributed by atoms with Gasteiger partial charge in [-0.25, -0.2) is 0 Å². The molecule has 478 valence electrons. The predicted molar refractivity (Wildman–Crippen MR) is 305 cm³/mol. The van der Waals surface area contributed by atoms with Crippen LogP contribution in [0.4, 0.5) is 0 Å². The van der Waals surface area contributed by atoms with Crippen LogP contribution in [-0.4, -0.2) is 249 Å². The number of piperidine rings is 1. The minimum atomic E-state index is -2.46. The van der Waals surface area contributed by atoms with Crippen LogP contribution in [0.25, 0.3) is 0 Å². The average Bonchev–Trinajstić information content (AvgIpc) is 1.75. The van der Waals surface area contributed by atoms with E-state index in [2.05, 4.69) is 15.5 Å². The van der Waals surface area contributed by atoms with Gasteiger partial charge in [-0.3, -0.25) is 9.59 Å². The van der Waals surface area contributed by atoms with Gasteiger partial charge in [0.05, 0.1) is 98.7 Å². The van der Waals surface area contributed by atoms with Crippen molar-refractivity contribution in [3.8, 4) is 0 Å². The van der Waals surface area contributed by atoms with E-state index in [4.69, 9.17) is 23.7 Å². The molecule has 5 heterocycles. The number of fused-ring (bicyclic) bond motifs is 2. The zero-order valence-electron chi connectivity index (χ0n) is 48.8.